The second-order valence-corrected chi connectivity index (χ2v) is 5.05. The lowest BCUT2D eigenvalue weighted by Crippen LogP contribution is -2.19. The minimum Gasteiger partial charge on any atom is -0.363 e. The van der Waals surface area contributed by atoms with Crippen molar-refractivity contribution in [3.63, 3.8) is 0 Å². The Morgan fingerprint density at radius 1 is 1.00 bits per heavy atom. The van der Waals surface area contributed by atoms with Gasteiger partial charge in [0.15, 0.2) is 0 Å². The van der Waals surface area contributed by atoms with Gasteiger partial charge in [-0.05, 0) is 56.9 Å². The third-order valence-electron chi connectivity index (χ3n) is 3.84. The van der Waals surface area contributed by atoms with E-state index in [4.69, 9.17) is 0 Å². The molecule has 0 spiro atoms. The summed E-state index contributed by atoms with van der Waals surface area (Å²) < 4.78 is 0. The Bertz CT molecular complexity index is 506. The Morgan fingerprint density at radius 2 is 1.71 bits per heavy atom. The number of nitrogens with one attached hydrogen (secondary N) is 1. The highest BCUT2D eigenvalue weighted by Gasteiger charge is 2.19. The van der Waals surface area contributed by atoms with Crippen LogP contribution in [0.1, 0.15) is 43.4 Å². The molecule has 1 heteroatoms. The van der Waals surface area contributed by atoms with Crippen LogP contribution in [0.15, 0.2) is 41.2 Å². The molecule has 90 valence electrons. The molecule has 2 rings (SSSR count). The molecule has 0 radical (unpaired) electrons. The maximum absolute atomic E-state index is 3.40. The molecule has 1 atom stereocenters. The first-order valence-corrected chi connectivity index (χ1v) is 6.19. The van der Waals surface area contributed by atoms with E-state index in [0.717, 1.165) is 0 Å². The summed E-state index contributed by atoms with van der Waals surface area (Å²) in [5.41, 5.74) is 8.18. The zero-order chi connectivity index (χ0) is 12.6. The summed E-state index contributed by atoms with van der Waals surface area (Å²) in [5, 5.41) is 3.40. The maximum Gasteiger partial charge on any atom is 0.0268 e. The summed E-state index contributed by atoms with van der Waals surface area (Å²) in [4.78, 5) is 0. The third-order valence-corrected chi connectivity index (χ3v) is 3.84. The van der Waals surface area contributed by atoms with Gasteiger partial charge in [-0.25, -0.2) is 0 Å². The fraction of sp³-hybridized carbons (Fsp3) is 0.375. The lowest BCUT2D eigenvalue weighted by molar-refractivity contribution is 0.815. The highest BCUT2D eigenvalue weighted by Crippen LogP contribution is 2.33. The topological polar surface area (TPSA) is 12.0 Å². The fourth-order valence-corrected chi connectivity index (χ4v) is 2.48. The van der Waals surface area contributed by atoms with Crippen molar-refractivity contribution in [3.8, 4) is 0 Å². The lowest BCUT2D eigenvalue weighted by atomic mass is 9.84. The van der Waals surface area contributed by atoms with E-state index in [1.54, 1.807) is 0 Å². The maximum atomic E-state index is 3.40. The molecule has 1 unspecified atom stereocenters. The van der Waals surface area contributed by atoms with E-state index in [1.165, 1.54) is 33.7 Å². The van der Waals surface area contributed by atoms with Crippen LogP contribution in [-0.4, -0.2) is 0 Å². The van der Waals surface area contributed by atoms with E-state index in [1.807, 2.05) is 0 Å². The molecule has 0 aliphatic carbocycles. The molecule has 0 bridgehead atoms. The van der Waals surface area contributed by atoms with Gasteiger partial charge in [-0.2, -0.15) is 0 Å². The molecule has 0 aromatic heterocycles. The van der Waals surface area contributed by atoms with E-state index >= 15 is 0 Å². The molecule has 1 aliphatic heterocycles. The van der Waals surface area contributed by atoms with Crippen molar-refractivity contribution < 1.29 is 0 Å². The van der Waals surface area contributed by atoms with E-state index in [-0.39, 0.29) is 0 Å². The van der Waals surface area contributed by atoms with Crippen LogP contribution in [0.4, 0.5) is 0 Å². The molecule has 0 fully saturated rings. The van der Waals surface area contributed by atoms with Crippen LogP contribution in [-0.2, 0) is 0 Å². The van der Waals surface area contributed by atoms with E-state index in [2.05, 4.69) is 64.2 Å². The standard InChI is InChI=1S/C16H21N/c1-10-7-6-8-15(12(10)3)16-9-11(2)17-14(5)13(16)4/h6-9,16-17H,1-5H3. The van der Waals surface area contributed by atoms with Crippen molar-refractivity contribution >= 4 is 0 Å². The van der Waals surface area contributed by atoms with Gasteiger partial charge in [0, 0.05) is 17.3 Å². The van der Waals surface area contributed by atoms with Crippen molar-refractivity contribution in [2.75, 3.05) is 0 Å². The summed E-state index contributed by atoms with van der Waals surface area (Å²) >= 11 is 0. The molecular formula is C16H21N. The third kappa shape index (κ3) is 2.14. The molecule has 1 aromatic rings. The van der Waals surface area contributed by atoms with Gasteiger partial charge in [0.2, 0.25) is 0 Å². The Morgan fingerprint density at radius 3 is 2.41 bits per heavy atom. The predicted molar refractivity (Wildman–Crippen MR) is 73.9 cm³/mol. The first-order valence-electron chi connectivity index (χ1n) is 6.19. The average Bonchev–Trinajstić information content (AvgIpc) is 2.27. The average molecular weight is 227 g/mol. The summed E-state index contributed by atoms with van der Waals surface area (Å²) in [6.07, 6.45) is 2.32. The van der Waals surface area contributed by atoms with Crippen molar-refractivity contribution in [2.45, 2.75) is 40.5 Å². The number of aryl methyl sites for hydroxylation is 1. The van der Waals surface area contributed by atoms with Crippen LogP contribution in [0.2, 0.25) is 0 Å². The molecule has 17 heavy (non-hydrogen) atoms. The van der Waals surface area contributed by atoms with Crippen LogP contribution in [0.5, 0.6) is 0 Å². The molecule has 1 aromatic carbocycles. The Hall–Kier alpha value is -1.50. The summed E-state index contributed by atoms with van der Waals surface area (Å²) in [6, 6.07) is 6.59. The normalized spacial score (nSPS) is 20.1. The smallest absolute Gasteiger partial charge is 0.0268 e. The Labute approximate surface area is 104 Å². The summed E-state index contributed by atoms with van der Waals surface area (Å²) in [6.45, 7) is 10.9. The number of hydrogen-bond donors (Lipinski definition) is 1. The summed E-state index contributed by atoms with van der Waals surface area (Å²) in [7, 11) is 0. The molecule has 1 heterocycles. The lowest BCUT2D eigenvalue weighted by Gasteiger charge is -2.26. The highest BCUT2D eigenvalue weighted by atomic mass is 14.9. The van der Waals surface area contributed by atoms with Crippen LogP contribution in [0.25, 0.3) is 0 Å². The van der Waals surface area contributed by atoms with Crippen molar-refractivity contribution in [2.24, 2.45) is 0 Å². The molecule has 1 N–H and O–H groups in total. The van der Waals surface area contributed by atoms with Gasteiger partial charge in [0.05, 0.1) is 0 Å². The monoisotopic (exact) mass is 227 g/mol. The minimum atomic E-state index is 0.427. The minimum absolute atomic E-state index is 0.427. The number of allylic oxidation sites excluding steroid dienone is 4. The molecule has 1 aliphatic rings. The summed E-state index contributed by atoms with van der Waals surface area (Å²) in [5.74, 6) is 0.427. The van der Waals surface area contributed by atoms with Crippen LogP contribution in [0.3, 0.4) is 0 Å². The first-order chi connectivity index (χ1) is 8.00. The van der Waals surface area contributed by atoms with Crippen LogP contribution >= 0.6 is 0 Å². The number of rotatable bonds is 1. The van der Waals surface area contributed by atoms with Gasteiger partial charge in [0.1, 0.15) is 0 Å². The van der Waals surface area contributed by atoms with Crippen molar-refractivity contribution in [3.05, 3.63) is 57.9 Å². The first kappa shape index (κ1) is 12.0. The van der Waals surface area contributed by atoms with E-state index in [9.17, 15) is 0 Å². The van der Waals surface area contributed by atoms with Crippen molar-refractivity contribution in [1.82, 2.24) is 5.32 Å². The largest absolute Gasteiger partial charge is 0.363 e. The number of benzene rings is 1. The van der Waals surface area contributed by atoms with Gasteiger partial charge >= 0.3 is 0 Å². The molecule has 0 amide bonds. The number of dihydropyridines is 1. The quantitative estimate of drug-likeness (QED) is 0.758. The van der Waals surface area contributed by atoms with E-state index < -0.39 is 0 Å². The Kier molecular flexibility index (Phi) is 3.10. The van der Waals surface area contributed by atoms with Gasteiger partial charge in [-0.15, -0.1) is 0 Å². The van der Waals surface area contributed by atoms with Gasteiger partial charge in [0.25, 0.3) is 0 Å². The molecule has 1 nitrogen and oxygen atoms in total. The highest BCUT2D eigenvalue weighted by molar-refractivity contribution is 5.45. The SMILES string of the molecule is CC1=CC(c2cccc(C)c2C)C(C)=C(C)N1. The van der Waals surface area contributed by atoms with Crippen LogP contribution < -0.4 is 5.32 Å². The number of hydrogen-bond acceptors (Lipinski definition) is 1. The zero-order valence-corrected chi connectivity index (χ0v) is 11.4. The van der Waals surface area contributed by atoms with E-state index in [0.29, 0.717) is 5.92 Å². The molecular weight excluding hydrogens is 206 g/mol. The van der Waals surface area contributed by atoms with Gasteiger partial charge in [-0.3, -0.25) is 0 Å². The van der Waals surface area contributed by atoms with Crippen LogP contribution in [0, 0.1) is 13.8 Å². The second kappa shape index (κ2) is 4.40. The Balaban J connectivity index is 2.52. The molecule has 0 saturated heterocycles. The second-order valence-electron chi connectivity index (χ2n) is 5.05. The predicted octanol–water partition coefficient (Wildman–Crippen LogP) is 4.19. The fourth-order valence-electron chi connectivity index (χ4n) is 2.48. The van der Waals surface area contributed by atoms with Gasteiger partial charge < -0.3 is 5.32 Å². The van der Waals surface area contributed by atoms with Crippen molar-refractivity contribution in [1.29, 1.82) is 0 Å². The molecule has 0 saturated carbocycles. The van der Waals surface area contributed by atoms with Gasteiger partial charge in [-0.1, -0.05) is 24.3 Å². The zero-order valence-electron chi connectivity index (χ0n) is 11.4.